The summed E-state index contributed by atoms with van der Waals surface area (Å²) in [5.41, 5.74) is 1.85. The van der Waals surface area contributed by atoms with Crippen molar-refractivity contribution in [3.63, 3.8) is 0 Å². The molecule has 6 nitrogen and oxygen atoms in total. The highest BCUT2D eigenvalue weighted by Gasteiger charge is 2.28. The number of amides is 1. The number of ether oxygens (including phenoxy) is 1. The van der Waals surface area contributed by atoms with Gasteiger partial charge < -0.3 is 9.64 Å². The fraction of sp³-hybridized carbons (Fsp3) is 0.381. The van der Waals surface area contributed by atoms with Crippen LogP contribution in [0.5, 0.6) is 0 Å². The van der Waals surface area contributed by atoms with Gasteiger partial charge in [0.15, 0.2) is 0 Å². The molecular weight excluding hydrogens is 376 g/mol. The second kappa shape index (κ2) is 9.82. The van der Waals surface area contributed by atoms with E-state index in [4.69, 9.17) is 4.74 Å². The fourth-order valence-electron chi connectivity index (χ4n) is 3.17. The molecule has 7 heteroatoms. The van der Waals surface area contributed by atoms with E-state index in [1.807, 2.05) is 60.7 Å². The molecule has 1 aliphatic heterocycles. The third-order valence-corrected chi connectivity index (χ3v) is 6.60. The van der Waals surface area contributed by atoms with Crippen molar-refractivity contribution in [2.45, 2.75) is 18.8 Å². The second-order valence-electron chi connectivity index (χ2n) is 6.81. The number of sulfonamides is 1. The maximum Gasteiger partial charge on any atom is 0.224 e. The number of nitrogens with zero attached hydrogens (tertiary/aromatic N) is 2. The SMILES string of the molecule is O=C(CCOCc1ccccc1)N1CCN(S(=O)(=O)Cc2ccccc2)CC1. The summed E-state index contributed by atoms with van der Waals surface area (Å²) in [7, 11) is -3.37. The van der Waals surface area contributed by atoms with Crippen LogP contribution in [0.3, 0.4) is 0 Å². The van der Waals surface area contributed by atoms with Gasteiger partial charge >= 0.3 is 0 Å². The lowest BCUT2D eigenvalue weighted by Crippen LogP contribution is -2.50. The standard InChI is InChI=1S/C21H26N2O4S/c24-21(11-16-27-17-19-7-3-1-4-8-19)22-12-14-23(15-13-22)28(25,26)18-20-9-5-2-6-10-20/h1-10H,11-18H2. The van der Waals surface area contributed by atoms with E-state index in [1.54, 1.807) is 4.90 Å². The van der Waals surface area contributed by atoms with Crippen LogP contribution >= 0.6 is 0 Å². The maximum atomic E-state index is 12.6. The summed E-state index contributed by atoms with van der Waals surface area (Å²) in [6.45, 7) is 2.37. The second-order valence-corrected chi connectivity index (χ2v) is 8.78. The first-order valence-corrected chi connectivity index (χ1v) is 11.1. The van der Waals surface area contributed by atoms with Crippen LogP contribution in [0.4, 0.5) is 0 Å². The number of hydrogen-bond acceptors (Lipinski definition) is 4. The first-order valence-electron chi connectivity index (χ1n) is 9.46. The van der Waals surface area contributed by atoms with Crippen LogP contribution in [-0.4, -0.2) is 56.3 Å². The van der Waals surface area contributed by atoms with Crippen LogP contribution in [0.2, 0.25) is 0 Å². The lowest BCUT2D eigenvalue weighted by molar-refractivity contribution is -0.133. The molecule has 0 aliphatic carbocycles. The molecule has 0 atom stereocenters. The zero-order chi connectivity index (χ0) is 19.8. The Morgan fingerprint density at radius 1 is 0.857 bits per heavy atom. The third-order valence-electron chi connectivity index (χ3n) is 4.75. The Bertz CT molecular complexity index is 848. The Morgan fingerprint density at radius 3 is 2.04 bits per heavy atom. The van der Waals surface area contributed by atoms with Gasteiger partial charge in [-0.2, -0.15) is 4.31 Å². The smallest absolute Gasteiger partial charge is 0.224 e. The topological polar surface area (TPSA) is 66.9 Å². The van der Waals surface area contributed by atoms with Gasteiger partial charge in [0.2, 0.25) is 15.9 Å². The lowest BCUT2D eigenvalue weighted by Gasteiger charge is -2.34. The van der Waals surface area contributed by atoms with Gasteiger partial charge in [0.25, 0.3) is 0 Å². The van der Waals surface area contributed by atoms with Crippen molar-refractivity contribution in [2.75, 3.05) is 32.8 Å². The molecule has 0 spiro atoms. The zero-order valence-corrected chi connectivity index (χ0v) is 16.7. The van der Waals surface area contributed by atoms with Crippen molar-refractivity contribution in [2.24, 2.45) is 0 Å². The summed E-state index contributed by atoms with van der Waals surface area (Å²) in [5, 5.41) is 0. The van der Waals surface area contributed by atoms with Gasteiger partial charge in [-0.3, -0.25) is 4.79 Å². The summed E-state index contributed by atoms with van der Waals surface area (Å²) < 4.78 is 32.2. The summed E-state index contributed by atoms with van der Waals surface area (Å²) in [6.07, 6.45) is 0.309. The molecule has 2 aromatic rings. The Hall–Kier alpha value is -2.22. The number of carbonyl (C=O) groups excluding carboxylic acids is 1. The van der Waals surface area contributed by atoms with E-state index in [2.05, 4.69) is 0 Å². The molecular formula is C21H26N2O4S. The Labute approximate surface area is 166 Å². The maximum absolute atomic E-state index is 12.6. The van der Waals surface area contributed by atoms with Crippen LogP contribution in [-0.2, 0) is 31.9 Å². The molecule has 3 rings (SSSR count). The molecule has 1 fully saturated rings. The highest BCUT2D eigenvalue weighted by Crippen LogP contribution is 2.14. The summed E-state index contributed by atoms with van der Waals surface area (Å²) >= 11 is 0. The van der Waals surface area contributed by atoms with E-state index in [9.17, 15) is 13.2 Å². The van der Waals surface area contributed by atoms with E-state index in [0.717, 1.165) is 11.1 Å². The Balaban J connectivity index is 1.40. The van der Waals surface area contributed by atoms with Gasteiger partial charge in [-0.25, -0.2) is 8.42 Å². The Kier molecular flexibility index (Phi) is 7.19. The minimum Gasteiger partial charge on any atom is -0.376 e. The first kappa shape index (κ1) is 20.5. The van der Waals surface area contributed by atoms with Crippen molar-refractivity contribution in [3.05, 3.63) is 71.8 Å². The van der Waals surface area contributed by atoms with Gasteiger partial charge in [-0.15, -0.1) is 0 Å². The molecule has 0 N–H and O–H groups in total. The van der Waals surface area contributed by atoms with Gasteiger partial charge in [0.05, 0.1) is 25.4 Å². The average Bonchev–Trinajstić information content (AvgIpc) is 2.72. The molecule has 2 aromatic carbocycles. The molecule has 1 amide bonds. The van der Waals surface area contributed by atoms with Crippen molar-refractivity contribution in [1.29, 1.82) is 0 Å². The summed E-state index contributed by atoms with van der Waals surface area (Å²) in [5.74, 6) is 0.00272. The van der Waals surface area contributed by atoms with E-state index in [-0.39, 0.29) is 11.7 Å². The molecule has 0 saturated carbocycles. The number of benzene rings is 2. The molecule has 0 unspecified atom stereocenters. The monoisotopic (exact) mass is 402 g/mol. The van der Waals surface area contributed by atoms with Gasteiger partial charge in [-0.05, 0) is 11.1 Å². The molecule has 1 saturated heterocycles. The number of piperazine rings is 1. The number of rotatable bonds is 8. The number of carbonyl (C=O) groups is 1. The van der Waals surface area contributed by atoms with E-state index >= 15 is 0 Å². The van der Waals surface area contributed by atoms with Crippen molar-refractivity contribution in [1.82, 2.24) is 9.21 Å². The molecule has 0 radical (unpaired) electrons. The highest BCUT2D eigenvalue weighted by atomic mass is 32.2. The minimum absolute atomic E-state index is 0.00485. The number of hydrogen-bond donors (Lipinski definition) is 0. The predicted octanol–water partition coefficient (Wildman–Crippen LogP) is 2.27. The van der Waals surface area contributed by atoms with Crippen molar-refractivity contribution < 1.29 is 17.9 Å². The average molecular weight is 403 g/mol. The summed E-state index contributed by atoms with van der Waals surface area (Å²) in [4.78, 5) is 14.1. The largest absolute Gasteiger partial charge is 0.376 e. The van der Waals surface area contributed by atoms with E-state index in [0.29, 0.717) is 45.8 Å². The fourth-order valence-corrected chi connectivity index (χ4v) is 4.69. The van der Waals surface area contributed by atoms with Gasteiger partial charge in [-0.1, -0.05) is 60.7 Å². The highest BCUT2D eigenvalue weighted by molar-refractivity contribution is 7.88. The quantitative estimate of drug-likeness (QED) is 0.636. The molecule has 1 heterocycles. The predicted molar refractivity (Wildman–Crippen MR) is 108 cm³/mol. The third kappa shape index (κ3) is 5.89. The summed E-state index contributed by atoms with van der Waals surface area (Å²) in [6, 6.07) is 19.0. The van der Waals surface area contributed by atoms with Crippen LogP contribution in [0.25, 0.3) is 0 Å². The molecule has 1 aliphatic rings. The first-order chi connectivity index (χ1) is 13.5. The van der Waals surface area contributed by atoms with Gasteiger partial charge in [0, 0.05) is 26.2 Å². The molecule has 0 aromatic heterocycles. The molecule has 0 bridgehead atoms. The lowest BCUT2D eigenvalue weighted by atomic mass is 10.2. The minimum atomic E-state index is -3.37. The van der Waals surface area contributed by atoms with E-state index in [1.165, 1.54) is 4.31 Å². The normalized spacial score (nSPS) is 15.5. The zero-order valence-electron chi connectivity index (χ0n) is 15.9. The van der Waals surface area contributed by atoms with Crippen molar-refractivity contribution >= 4 is 15.9 Å². The van der Waals surface area contributed by atoms with E-state index < -0.39 is 10.0 Å². The molecule has 150 valence electrons. The van der Waals surface area contributed by atoms with Crippen LogP contribution in [0.1, 0.15) is 17.5 Å². The van der Waals surface area contributed by atoms with Gasteiger partial charge in [0.1, 0.15) is 0 Å². The van der Waals surface area contributed by atoms with Crippen molar-refractivity contribution in [3.8, 4) is 0 Å². The molecule has 28 heavy (non-hydrogen) atoms. The van der Waals surface area contributed by atoms with Crippen LogP contribution in [0, 0.1) is 0 Å². The Morgan fingerprint density at radius 2 is 1.43 bits per heavy atom. The van der Waals surface area contributed by atoms with Crippen LogP contribution in [0.15, 0.2) is 60.7 Å². The van der Waals surface area contributed by atoms with Crippen LogP contribution < -0.4 is 0 Å².